The first kappa shape index (κ1) is 24.8. The van der Waals surface area contributed by atoms with Gasteiger partial charge in [0.2, 0.25) is 0 Å². The van der Waals surface area contributed by atoms with Crippen LogP contribution < -0.4 is 0 Å². The van der Waals surface area contributed by atoms with Crippen LogP contribution in [0.3, 0.4) is 0 Å². The van der Waals surface area contributed by atoms with Crippen molar-refractivity contribution in [3.8, 4) is 11.4 Å². The Balaban J connectivity index is 1.45. The van der Waals surface area contributed by atoms with Gasteiger partial charge in [-0.2, -0.15) is 0 Å². The number of para-hydroxylation sites is 2. The Morgan fingerprint density at radius 3 is 1.96 bits per heavy atom. The van der Waals surface area contributed by atoms with Gasteiger partial charge >= 0.3 is 0 Å². The summed E-state index contributed by atoms with van der Waals surface area (Å²) in [7, 11) is 0. The fourth-order valence-corrected chi connectivity index (χ4v) is 8.49. The maximum atomic E-state index is 14.1. The van der Waals surface area contributed by atoms with Crippen molar-refractivity contribution in [2.75, 3.05) is 0 Å². The molecule has 0 aliphatic rings. The first-order chi connectivity index (χ1) is 22.2. The van der Waals surface area contributed by atoms with Crippen LogP contribution in [0.5, 0.6) is 0 Å². The number of aromatic nitrogens is 2. The molecule has 0 unspecified atom stereocenters. The fourth-order valence-electron chi connectivity index (χ4n) is 7.25. The van der Waals surface area contributed by atoms with E-state index in [0.717, 1.165) is 54.2 Å². The Bertz CT molecular complexity index is 2900. The second-order valence-corrected chi connectivity index (χ2v) is 12.7. The van der Waals surface area contributed by atoms with E-state index in [2.05, 4.69) is 126 Å². The molecule has 4 heteroatoms. The van der Waals surface area contributed by atoms with Crippen molar-refractivity contribution < 1.29 is 4.39 Å². The molecule has 0 saturated carbocycles. The van der Waals surface area contributed by atoms with E-state index in [1.165, 1.54) is 43.1 Å². The van der Waals surface area contributed by atoms with E-state index >= 15 is 0 Å². The zero-order valence-corrected chi connectivity index (χ0v) is 24.8. The summed E-state index contributed by atoms with van der Waals surface area (Å²) in [5.41, 5.74) is 4.24. The summed E-state index contributed by atoms with van der Waals surface area (Å²) in [6.45, 7) is 0. The molecule has 10 aromatic rings. The topological polar surface area (TPSA) is 17.3 Å². The number of hydrogen-bond donors (Lipinski definition) is 0. The highest BCUT2D eigenvalue weighted by atomic mass is 32.1. The maximum absolute atomic E-state index is 14.1. The lowest BCUT2D eigenvalue weighted by Crippen LogP contribution is -1.91. The van der Waals surface area contributed by atoms with Crippen molar-refractivity contribution >= 4 is 91.1 Å². The van der Waals surface area contributed by atoms with E-state index in [1.807, 2.05) is 6.07 Å². The molecule has 0 spiro atoms. The van der Waals surface area contributed by atoms with Crippen molar-refractivity contribution in [1.82, 2.24) is 9.38 Å². The van der Waals surface area contributed by atoms with E-state index < -0.39 is 0 Å². The van der Waals surface area contributed by atoms with Crippen LogP contribution >= 0.6 is 11.3 Å². The van der Waals surface area contributed by atoms with Crippen molar-refractivity contribution in [2.45, 2.75) is 0 Å². The molecular weight excluding hydrogens is 572 g/mol. The molecule has 0 aliphatic heterocycles. The first-order valence-corrected chi connectivity index (χ1v) is 15.9. The minimum Gasteiger partial charge on any atom is -0.291 e. The predicted octanol–water partition coefficient (Wildman–Crippen LogP) is 11.8. The molecule has 45 heavy (non-hydrogen) atoms. The predicted molar refractivity (Wildman–Crippen MR) is 190 cm³/mol. The van der Waals surface area contributed by atoms with Gasteiger partial charge in [0, 0.05) is 36.5 Å². The van der Waals surface area contributed by atoms with Crippen LogP contribution in [-0.4, -0.2) is 9.38 Å². The van der Waals surface area contributed by atoms with Gasteiger partial charge in [-0.15, -0.1) is 11.3 Å². The Kier molecular flexibility index (Phi) is 5.08. The van der Waals surface area contributed by atoms with Crippen molar-refractivity contribution in [1.29, 1.82) is 0 Å². The van der Waals surface area contributed by atoms with Gasteiger partial charge in [0.1, 0.15) is 11.6 Å². The third-order valence-corrected chi connectivity index (χ3v) is 10.4. The second-order valence-electron chi connectivity index (χ2n) is 11.7. The quantitative estimate of drug-likeness (QED) is 0.185. The third-order valence-electron chi connectivity index (χ3n) is 9.20. The van der Waals surface area contributed by atoms with Crippen LogP contribution in [0.4, 0.5) is 4.39 Å². The average molecular weight is 595 g/mol. The summed E-state index contributed by atoms with van der Waals surface area (Å²) in [4.78, 5) is 5.40. The average Bonchev–Trinajstić information content (AvgIpc) is 3.66. The molecule has 0 atom stereocenters. The fraction of sp³-hybridized carbons (Fsp3) is 0. The monoisotopic (exact) mass is 594 g/mol. The second kappa shape index (κ2) is 9.21. The number of imidazole rings is 1. The lowest BCUT2D eigenvalue weighted by molar-refractivity contribution is 0.630. The standard InChI is InChI=1S/C41H23FN2S/c42-26-20-19-24-22-35-33-15-7-16-34(40(33)45-38(35)23-25(24)21-26)41-43-36-17-8-14-32-30-12-4-2-10-28(30)27-9-1-3-11-29(27)31-13-5-6-18-37(31)44(41)39(32)36/h1-23H. The molecule has 0 radical (unpaired) electrons. The Morgan fingerprint density at radius 2 is 1.16 bits per heavy atom. The molecule has 0 saturated heterocycles. The lowest BCUT2D eigenvalue weighted by atomic mass is 10.0. The van der Waals surface area contributed by atoms with Crippen LogP contribution in [0.25, 0.3) is 91.2 Å². The van der Waals surface area contributed by atoms with Gasteiger partial charge in [0.15, 0.2) is 0 Å². The molecule has 0 amide bonds. The number of fused-ring (bicyclic) bond motifs is 11. The third kappa shape index (κ3) is 3.51. The molecule has 10 rings (SSSR count). The van der Waals surface area contributed by atoms with E-state index in [9.17, 15) is 4.39 Å². The minimum atomic E-state index is -0.215. The Morgan fingerprint density at radius 1 is 0.511 bits per heavy atom. The highest BCUT2D eigenvalue weighted by Gasteiger charge is 2.19. The lowest BCUT2D eigenvalue weighted by Gasteiger charge is -2.07. The minimum absolute atomic E-state index is 0.215. The SMILES string of the molecule is Fc1ccc2cc3c(cc2c1)sc1c(-c2nc4cccc5c6ccccc6c6ccccc6c6ccccc6n2c45)cccc13. The van der Waals surface area contributed by atoms with Gasteiger partial charge in [-0.25, -0.2) is 9.37 Å². The molecular formula is C41H23FN2S. The highest BCUT2D eigenvalue weighted by Crippen LogP contribution is 2.43. The van der Waals surface area contributed by atoms with Crippen LogP contribution in [0.15, 0.2) is 140 Å². The van der Waals surface area contributed by atoms with Crippen LogP contribution in [0.2, 0.25) is 0 Å². The van der Waals surface area contributed by atoms with Gasteiger partial charge in [0.25, 0.3) is 0 Å². The summed E-state index contributed by atoms with van der Waals surface area (Å²) in [5, 5.41) is 11.4. The zero-order chi connectivity index (χ0) is 29.6. The van der Waals surface area contributed by atoms with Crippen molar-refractivity contribution in [2.24, 2.45) is 0 Å². The van der Waals surface area contributed by atoms with Crippen LogP contribution in [0.1, 0.15) is 0 Å². The molecule has 7 aromatic carbocycles. The molecule has 0 aliphatic carbocycles. The van der Waals surface area contributed by atoms with Gasteiger partial charge in [-0.05, 0) is 74.8 Å². The van der Waals surface area contributed by atoms with Crippen molar-refractivity contribution in [3.63, 3.8) is 0 Å². The molecule has 0 N–H and O–H groups in total. The number of rotatable bonds is 1. The first-order valence-electron chi connectivity index (χ1n) is 15.1. The van der Waals surface area contributed by atoms with E-state index in [0.29, 0.717) is 0 Å². The zero-order valence-electron chi connectivity index (χ0n) is 24.0. The van der Waals surface area contributed by atoms with Crippen LogP contribution in [-0.2, 0) is 0 Å². The number of nitrogens with zero attached hydrogens (tertiary/aromatic N) is 2. The summed E-state index contributed by atoms with van der Waals surface area (Å²) < 4.78 is 18.8. The van der Waals surface area contributed by atoms with E-state index in [-0.39, 0.29) is 5.82 Å². The van der Waals surface area contributed by atoms with Crippen LogP contribution in [0, 0.1) is 5.82 Å². The van der Waals surface area contributed by atoms with Crippen molar-refractivity contribution in [3.05, 3.63) is 145 Å². The summed E-state index contributed by atoms with van der Waals surface area (Å²) in [6, 6.07) is 48.5. The highest BCUT2D eigenvalue weighted by molar-refractivity contribution is 7.26. The molecule has 0 fully saturated rings. The Hall–Kier alpha value is -5.58. The van der Waals surface area contributed by atoms with Gasteiger partial charge in [0.05, 0.1) is 16.6 Å². The Labute approximate surface area is 260 Å². The number of halogens is 1. The maximum Gasteiger partial charge on any atom is 0.147 e. The summed E-state index contributed by atoms with van der Waals surface area (Å²) in [6.07, 6.45) is 0. The summed E-state index contributed by atoms with van der Waals surface area (Å²) in [5.74, 6) is 0.696. The summed E-state index contributed by atoms with van der Waals surface area (Å²) >= 11 is 1.75. The normalized spacial score (nSPS) is 12.1. The van der Waals surface area contributed by atoms with E-state index in [4.69, 9.17) is 4.98 Å². The number of thiophene rings is 1. The molecule has 3 aromatic heterocycles. The van der Waals surface area contributed by atoms with Gasteiger partial charge < -0.3 is 0 Å². The largest absolute Gasteiger partial charge is 0.291 e. The van der Waals surface area contributed by atoms with E-state index in [1.54, 1.807) is 17.4 Å². The number of benzene rings is 7. The molecule has 2 nitrogen and oxygen atoms in total. The molecule has 0 bridgehead atoms. The molecule has 210 valence electrons. The number of hydrogen-bond acceptors (Lipinski definition) is 2. The van der Waals surface area contributed by atoms with Gasteiger partial charge in [-0.1, -0.05) is 97.1 Å². The molecule has 3 heterocycles. The van der Waals surface area contributed by atoms with Gasteiger partial charge in [-0.3, -0.25) is 4.40 Å². The smallest absolute Gasteiger partial charge is 0.147 e.